The van der Waals surface area contributed by atoms with Crippen LogP contribution in [-0.2, 0) is 6.42 Å². The second-order valence-electron chi connectivity index (χ2n) is 5.34. The maximum Gasteiger partial charge on any atom is 0.178 e. The highest BCUT2D eigenvalue weighted by Crippen LogP contribution is 2.46. The van der Waals surface area contributed by atoms with E-state index in [4.69, 9.17) is 34.8 Å². The maximum atomic E-state index is 9.91. The van der Waals surface area contributed by atoms with Gasteiger partial charge in [-0.2, -0.15) is 0 Å². The standard InChI is InChI=1S/C16H23Cl3O2/c1-2-3-4-5-6-7-8-9-10-11-12(17)13(18)14(19)16(21)15(11)20/h20-21H,2-10H2,1H3. The number of phenols is 2. The molecule has 0 atom stereocenters. The van der Waals surface area contributed by atoms with Crippen LogP contribution in [0.3, 0.4) is 0 Å². The van der Waals surface area contributed by atoms with E-state index in [9.17, 15) is 10.2 Å². The lowest BCUT2D eigenvalue weighted by molar-refractivity contribution is 0.399. The van der Waals surface area contributed by atoms with E-state index >= 15 is 0 Å². The quantitative estimate of drug-likeness (QED) is 0.293. The molecule has 2 nitrogen and oxygen atoms in total. The van der Waals surface area contributed by atoms with Crippen molar-refractivity contribution in [2.45, 2.75) is 64.7 Å². The monoisotopic (exact) mass is 352 g/mol. The molecule has 1 rings (SSSR count). The molecule has 0 spiro atoms. The van der Waals surface area contributed by atoms with Gasteiger partial charge in [-0.3, -0.25) is 0 Å². The summed E-state index contributed by atoms with van der Waals surface area (Å²) in [5, 5.41) is 19.8. The van der Waals surface area contributed by atoms with Crippen molar-refractivity contribution < 1.29 is 10.2 Å². The van der Waals surface area contributed by atoms with Crippen molar-refractivity contribution in [1.29, 1.82) is 0 Å². The lowest BCUT2D eigenvalue weighted by Crippen LogP contribution is -1.91. The van der Waals surface area contributed by atoms with Crippen molar-refractivity contribution in [3.63, 3.8) is 0 Å². The van der Waals surface area contributed by atoms with Crippen molar-refractivity contribution in [2.24, 2.45) is 0 Å². The Morgan fingerprint density at radius 1 is 0.667 bits per heavy atom. The Hall–Kier alpha value is -0.310. The van der Waals surface area contributed by atoms with Gasteiger partial charge in [0.05, 0.1) is 10.0 Å². The zero-order valence-corrected chi connectivity index (χ0v) is 14.7. The van der Waals surface area contributed by atoms with Crippen molar-refractivity contribution >= 4 is 34.8 Å². The first kappa shape index (κ1) is 18.7. The van der Waals surface area contributed by atoms with Crippen LogP contribution in [0.25, 0.3) is 0 Å². The predicted octanol–water partition coefficient (Wildman–Crippen LogP) is 6.74. The Morgan fingerprint density at radius 3 is 1.76 bits per heavy atom. The average molecular weight is 354 g/mol. The molecule has 0 heterocycles. The largest absolute Gasteiger partial charge is 0.504 e. The minimum atomic E-state index is -0.388. The molecule has 0 saturated heterocycles. The van der Waals surface area contributed by atoms with Gasteiger partial charge in [0, 0.05) is 5.56 Å². The molecule has 0 aliphatic rings. The molecule has 1 aromatic carbocycles. The molecule has 0 aliphatic heterocycles. The fourth-order valence-electron chi connectivity index (χ4n) is 2.35. The van der Waals surface area contributed by atoms with Gasteiger partial charge in [0.2, 0.25) is 0 Å². The molecule has 1 aromatic rings. The molecule has 2 N–H and O–H groups in total. The molecule has 5 heteroatoms. The van der Waals surface area contributed by atoms with E-state index in [-0.39, 0.29) is 26.6 Å². The first-order chi connectivity index (χ1) is 10.0. The second-order valence-corrected chi connectivity index (χ2v) is 6.48. The Morgan fingerprint density at radius 2 is 1.19 bits per heavy atom. The Kier molecular flexibility index (Phi) is 8.62. The van der Waals surface area contributed by atoms with E-state index in [1.807, 2.05) is 0 Å². The van der Waals surface area contributed by atoms with Crippen molar-refractivity contribution in [3.05, 3.63) is 20.6 Å². The van der Waals surface area contributed by atoms with Crippen LogP contribution in [0.5, 0.6) is 11.5 Å². The number of hydrogen-bond donors (Lipinski definition) is 2. The smallest absolute Gasteiger partial charge is 0.178 e. The van der Waals surface area contributed by atoms with Crippen molar-refractivity contribution in [3.8, 4) is 11.5 Å². The minimum absolute atomic E-state index is 0.0983. The molecule has 21 heavy (non-hydrogen) atoms. The Bertz CT molecular complexity index is 432. The van der Waals surface area contributed by atoms with E-state index in [1.165, 1.54) is 38.5 Å². The van der Waals surface area contributed by atoms with Crippen molar-refractivity contribution in [1.82, 2.24) is 0 Å². The van der Waals surface area contributed by atoms with Gasteiger partial charge in [0.1, 0.15) is 5.02 Å². The zero-order chi connectivity index (χ0) is 15.8. The lowest BCUT2D eigenvalue weighted by atomic mass is 10.0. The van der Waals surface area contributed by atoms with Crippen LogP contribution in [0.4, 0.5) is 0 Å². The molecule has 0 unspecified atom stereocenters. The molecule has 0 fully saturated rings. The topological polar surface area (TPSA) is 40.5 Å². The molecular formula is C16H23Cl3O2. The van der Waals surface area contributed by atoms with E-state index < -0.39 is 0 Å². The van der Waals surface area contributed by atoms with Crippen LogP contribution in [0, 0.1) is 0 Å². The van der Waals surface area contributed by atoms with Gasteiger partial charge in [-0.05, 0) is 12.8 Å². The summed E-state index contributed by atoms with van der Waals surface area (Å²) >= 11 is 17.8. The molecule has 0 saturated carbocycles. The fraction of sp³-hybridized carbons (Fsp3) is 0.625. The van der Waals surface area contributed by atoms with E-state index in [2.05, 4.69) is 6.92 Å². The summed E-state index contributed by atoms with van der Waals surface area (Å²) in [6.45, 7) is 2.21. The molecule has 0 bridgehead atoms. The minimum Gasteiger partial charge on any atom is -0.504 e. The Labute approximate surface area is 142 Å². The van der Waals surface area contributed by atoms with Crippen LogP contribution in [-0.4, -0.2) is 10.2 Å². The van der Waals surface area contributed by atoms with Crippen LogP contribution in [0.2, 0.25) is 15.1 Å². The highest BCUT2D eigenvalue weighted by molar-refractivity contribution is 6.49. The van der Waals surface area contributed by atoms with E-state index in [0.29, 0.717) is 12.0 Å². The van der Waals surface area contributed by atoms with Gasteiger partial charge in [0.15, 0.2) is 11.5 Å². The van der Waals surface area contributed by atoms with Crippen molar-refractivity contribution in [2.75, 3.05) is 0 Å². The summed E-state index contributed by atoms with van der Waals surface area (Å²) in [5.74, 6) is -0.641. The van der Waals surface area contributed by atoms with E-state index in [1.54, 1.807) is 0 Å². The van der Waals surface area contributed by atoms with Crippen LogP contribution in [0.1, 0.15) is 63.9 Å². The third-order valence-electron chi connectivity index (χ3n) is 3.65. The van der Waals surface area contributed by atoms with Crippen LogP contribution >= 0.6 is 34.8 Å². The SMILES string of the molecule is CCCCCCCCCCc1c(O)c(O)c(Cl)c(Cl)c1Cl. The van der Waals surface area contributed by atoms with Gasteiger partial charge in [-0.25, -0.2) is 0 Å². The van der Waals surface area contributed by atoms with Gasteiger partial charge in [-0.1, -0.05) is 86.7 Å². The maximum absolute atomic E-state index is 9.91. The van der Waals surface area contributed by atoms with Gasteiger partial charge in [-0.15, -0.1) is 0 Å². The fourth-order valence-corrected chi connectivity index (χ4v) is 3.06. The number of unbranched alkanes of at least 4 members (excludes halogenated alkanes) is 7. The normalized spacial score (nSPS) is 11.0. The predicted molar refractivity (Wildman–Crippen MR) is 91.1 cm³/mol. The molecule has 0 aromatic heterocycles. The van der Waals surface area contributed by atoms with E-state index in [0.717, 1.165) is 12.8 Å². The number of rotatable bonds is 9. The van der Waals surface area contributed by atoms with Crippen LogP contribution < -0.4 is 0 Å². The first-order valence-electron chi connectivity index (χ1n) is 7.57. The summed E-state index contributed by atoms with van der Waals surface area (Å²) in [7, 11) is 0. The van der Waals surface area contributed by atoms with Gasteiger partial charge < -0.3 is 10.2 Å². The lowest BCUT2D eigenvalue weighted by Gasteiger charge is -2.12. The summed E-state index contributed by atoms with van der Waals surface area (Å²) in [6, 6.07) is 0. The number of aromatic hydroxyl groups is 2. The molecule has 0 aliphatic carbocycles. The molecule has 0 radical (unpaired) electrons. The first-order valence-corrected chi connectivity index (χ1v) is 8.71. The number of benzene rings is 1. The summed E-state index contributed by atoms with van der Waals surface area (Å²) < 4.78 is 0. The number of phenolic OH excluding ortho intramolecular Hbond substituents is 2. The summed E-state index contributed by atoms with van der Waals surface area (Å²) in [5.41, 5.74) is 0.481. The molecule has 120 valence electrons. The summed E-state index contributed by atoms with van der Waals surface area (Å²) in [4.78, 5) is 0. The number of hydrogen-bond acceptors (Lipinski definition) is 2. The van der Waals surface area contributed by atoms with Gasteiger partial charge >= 0.3 is 0 Å². The third-order valence-corrected chi connectivity index (χ3v) is 5.01. The Balaban J connectivity index is 2.43. The highest BCUT2D eigenvalue weighted by atomic mass is 35.5. The average Bonchev–Trinajstić information content (AvgIpc) is 2.49. The van der Waals surface area contributed by atoms with Crippen LogP contribution in [0.15, 0.2) is 0 Å². The number of halogens is 3. The summed E-state index contributed by atoms with van der Waals surface area (Å²) in [6.07, 6.45) is 10.1. The van der Waals surface area contributed by atoms with Gasteiger partial charge in [0.25, 0.3) is 0 Å². The zero-order valence-electron chi connectivity index (χ0n) is 12.4. The molecule has 0 amide bonds. The highest BCUT2D eigenvalue weighted by Gasteiger charge is 2.20. The second kappa shape index (κ2) is 9.66. The molecular weight excluding hydrogens is 331 g/mol. The third kappa shape index (κ3) is 5.43.